The number of benzene rings is 3. The lowest BCUT2D eigenvalue weighted by molar-refractivity contribution is -0.0499. The van der Waals surface area contributed by atoms with Crippen LogP contribution in [0.3, 0.4) is 0 Å². The van der Waals surface area contributed by atoms with Crippen LogP contribution in [0.2, 0.25) is 10.0 Å². The Labute approximate surface area is 203 Å². The van der Waals surface area contributed by atoms with Crippen molar-refractivity contribution in [1.29, 1.82) is 0 Å². The molecule has 0 unspecified atom stereocenters. The second kappa shape index (κ2) is 10.5. The van der Waals surface area contributed by atoms with Gasteiger partial charge in [-0.25, -0.2) is 16.8 Å². The number of halogens is 4. The summed E-state index contributed by atoms with van der Waals surface area (Å²) < 4.78 is 84.4. The van der Waals surface area contributed by atoms with Crippen molar-refractivity contribution in [3.8, 4) is 5.75 Å². The van der Waals surface area contributed by atoms with Crippen molar-refractivity contribution in [3.63, 3.8) is 0 Å². The maximum atomic E-state index is 12.8. The van der Waals surface area contributed by atoms with Crippen molar-refractivity contribution in [2.75, 3.05) is 4.72 Å². The van der Waals surface area contributed by atoms with E-state index in [0.29, 0.717) is 11.9 Å². The van der Waals surface area contributed by atoms with Crippen LogP contribution in [0, 0.1) is 0 Å². The predicted octanol–water partition coefficient (Wildman–Crippen LogP) is 5.38. The van der Waals surface area contributed by atoms with Crippen LogP contribution in [0.5, 0.6) is 5.75 Å². The van der Waals surface area contributed by atoms with Gasteiger partial charge in [-0.1, -0.05) is 47.5 Å². The first kappa shape index (κ1) is 25.5. The molecule has 7 nitrogen and oxygen atoms in total. The van der Waals surface area contributed by atoms with Gasteiger partial charge in [0, 0.05) is 11.0 Å². The first-order valence-electron chi connectivity index (χ1n) is 8.78. The summed E-state index contributed by atoms with van der Waals surface area (Å²) >= 11 is 12.6. The lowest BCUT2D eigenvalue weighted by Crippen LogP contribution is -2.18. The third-order valence-electron chi connectivity index (χ3n) is 3.92. The number of rotatable bonds is 9. The summed E-state index contributed by atoms with van der Waals surface area (Å²) in [5.41, 5.74) is -0.0923. The van der Waals surface area contributed by atoms with Gasteiger partial charge in [-0.15, -0.1) is 4.13 Å². The molecule has 3 rings (SSSR count). The Balaban J connectivity index is 1.90. The third kappa shape index (κ3) is 6.71. The monoisotopic (exact) mass is 554 g/mol. The van der Waals surface area contributed by atoms with Crippen LogP contribution in [0.4, 0.5) is 14.5 Å². The summed E-state index contributed by atoms with van der Waals surface area (Å²) in [6.45, 7) is -3.13. The number of hydrogen-bond donors (Lipinski definition) is 2. The van der Waals surface area contributed by atoms with Gasteiger partial charge in [-0.05, 0) is 48.3 Å². The Morgan fingerprint density at radius 2 is 1.45 bits per heavy atom. The highest BCUT2D eigenvalue weighted by Crippen LogP contribution is 2.36. The molecule has 14 heteroatoms. The van der Waals surface area contributed by atoms with E-state index in [9.17, 15) is 25.6 Å². The molecule has 0 spiro atoms. The van der Waals surface area contributed by atoms with Crippen molar-refractivity contribution < 1.29 is 30.4 Å². The van der Waals surface area contributed by atoms with E-state index in [-0.39, 0.29) is 36.2 Å². The Morgan fingerprint density at radius 1 is 0.818 bits per heavy atom. The van der Waals surface area contributed by atoms with Crippen LogP contribution in [0.15, 0.2) is 81.4 Å². The minimum absolute atomic E-state index is 0.000539. The number of alkyl halides is 2. The fourth-order valence-electron chi connectivity index (χ4n) is 2.46. The van der Waals surface area contributed by atoms with Crippen LogP contribution in [0.1, 0.15) is 0 Å². The van der Waals surface area contributed by atoms with Gasteiger partial charge in [-0.3, -0.25) is 4.72 Å². The summed E-state index contributed by atoms with van der Waals surface area (Å²) in [6.07, 6.45) is 0. The summed E-state index contributed by atoms with van der Waals surface area (Å²) in [5.74, 6) is -0.354. The van der Waals surface area contributed by atoms with Gasteiger partial charge in [0.25, 0.3) is 10.0 Å². The molecule has 2 N–H and O–H groups in total. The number of ether oxygens (including phenoxy) is 1. The molecule has 0 saturated carbocycles. The van der Waals surface area contributed by atoms with E-state index in [1.807, 2.05) is 0 Å². The largest absolute Gasteiger partial charge is 0.435 e. The van der Waals surface area contributed by atoms with E-state index in [4.69, 9.17) is 23.2 Å². The third-order valence-corrected chi connectivity index (χ3v) is 8.67. The molecular formula is C19H14Cl2F2N2O5S3. The lowest BCUT2D eigenvalue weighted by Gasteiger charge is -2.15. The zero-order valence-corrected chi connectivity index (χ0v) is 20.2. The summed E-state index contributed by atoms with van der Waals surface area (Å²) in [6, 6.07) is 14.5. The van der Waals surface area contributed by atoms with Crippen LogP contribution in [-0.4, -0.2) is 23.4 Å². The normalized spacial score (nSPS) is 12.0. The predicted molar refractivity (Wildman–Crippen MR) is 123 cm³/mol. The van der Waals surface area contributed by atoms with Crippen LogP contribution >= 0.6 is 35.1 Å². The standard InChI is InChI=1S/C19H14Cl2F2N2O5S3/c20-15-10-17(24-32(26,27)14-8-4-5-12(9-14)30-19(22)23)18(11-16(15)21)31-25-33(28,29)13-6-2-1-3-7-13/h1-11,19,24-25H. The molecular weight excluding hydrogens is 541 g/mol. The SMILES string of the molecule is O=S(=O)(NSc1cc(Cl)c(Cl)cc1NS(=O)(=O)c1cccc(OC(F)F)c1)c1ccccc1. The summed E-state index contributed by atoms with van der Waals surface area (Å²) in [4.78, 5) is -0.282. The van der Waals surface area contributed by atoms with E-state index in [0.717, 1.165) is 6.07 Å². The molecule has 0 radical (unpaired) electrons. The van der Waals surface area contributed by atoms with Crippen LogP contribution in [-0.2, 0) is 20.0 Å². The fourth-order valence-corrected chi connectivity index (χ4v) is 6.12. The molecule has 0 aliphatic heterocycles. The lowest BCUT2D eigenvalue weighted by atomic mass is 10.3. The first-order valence-corrected chi connectivity index (χ1v) is 13.3. The Hall–Kier alpha value is -2.09. The van der Waals surface area contributed by atoms with Gasteiger partial charge < -0.3 is 4.74 Å². The smallest absolute Gasteiger partial charge is 0.387 e. The van der Waals surface area contributed by atoms with Crippen molar-refractivity contribution in [1.82, 2.24) is 4.13 Å². The van der Waals surface area contributed by atoms with Crippen molar-refractivity contribution in [2.45, 2.75) is 21.3 Å². The zero-order chi connectivity index (χ0) is 24.2. The molecule has 0 heterocycles. The highest BCUT2D eigenvalue weighted by Gasteiger charge is 2.21. The maximum absolute atomic E-state index is 12.8. The Morgan fingerprint density at radius 3 is 2.12 bits per heavy atom. The van der Waals surface area contributed by atoms with Gasteiger partial charge >= 0.3 is 6.61 Å². The number of sulfonamides is 2. The molecule has 0 bridgehead atoms. The van der Waals surface area contributed by atoms with Gasteiger partial charge in [0.05, 0.1) is 25.5 Å². The molecule has 0 fully saturated rings. The van der Waals surface area contributed by atoms with E-state index >= 15 is 0 Å². The highest BCUT2D eigenvalue weighted by atomic mass is 35.5. The molecule has 3 aromatic rings. The second-order valence-corrected chi connectivity index (χ2v) is 11.5. The number of nitrogens with one attached hydrogen (secondary N) is 2. The number of anilines is 1. The summed E-state index contributed by atoms with van der Waals surface area (Å²) in [5, 5.41) is 0.0489. The van der Waals surface area contributed by atoms with E-state index in [1.165, 1.54) is 42.5 Å². The molecule has 0 atom stereocenters. The molecule has 33 heavy (non-hydrogen) atoms. The minimum atomic E-state index is -4.30. The minimum Gasteiger partial charge on any atom is -0.435 e. The molecule has 0 aliphatic rings. The van der Waals surface area contributed by atoms with Crippen molar-refractivity contribution >= 4 is 60.9 Å². The molecule has 3 aromatic carbocycles. The maximum Gasteiger partial charge on any atom is 0.387 e. The van der Waals surface area contributed by atoms with E-state index < -0.39 is 26.7 Å². The summed E-state index contributed by atoms with van der Waals surface area (Å²) in [7, 11) is -8.24. The van der Waals surface area contributed by atoms with Crippen LogP contribution < -0.4 is 13.6 Å². The van der Waals surface area contributed by atoms with Gasteiger partial charge in [0.2, 0.25) is 10.0 Å². The second-order valence-electron chi connectivity index (χ2n) is 6.22. The van der Waals surface area contributed by atoms with Gasteiger partial charge in [0.15, 0.2) is 0 Å². The van der Waals surface area contributed by atoms with Crippen molar-refractivity contribution in [3.05, 3.63) is 76.8 Å². The van der Waals surface area contributed by atoms with E-state index in [1.54, 1.807) is 18.2 Å². The molecule has 0 aliphatic carbocycles. The topological polar surface area (TPSA) is 102 Å². The van der Waals surface area contributed by atoms with E-state index in [2.05, 4.69) is 13.6 Å². The average molecular weight is 555 g/mol. The highest BCUT2D eigenvalue weighted by molar-refractivity contribution is 8.09. The fraction of sp³-hybridized carbons (Fsp3) is 0.0526. The zero-order valence-electron chi connectivity index (χ0n) is 16.2. The average Bonchev–Trinajstić information content (AvgIpc) is 2.75. The Kier molecular flexibility index (Phi) is 8.08. The molecule has 0 saturated heterocycles. The first-order chi connectivity index (χ1) is 15.5. The van der Waals surface area contributed by atoms with Gasteiger partial charge in [0.1, 0.15) is 5.75 Å². The molecule has 176 valence electrons. The van der Waals surface area contributed by atoms with Gasteiger partial charge in [-0.2, -0.15) is 8.78 Å². The van der Waals surface area contributed by atoms with Crippen LogP contribution in [0.25, 0.3) is 0 Å². The number of hydrogen-bond acceptors (Lipinski definition) is 6. The Bertz CT molecular complexity index is 1360. The molecule has 0 aromatic heterocycles. The quantitative estimate of drug-likeness (QED) is 0.344. The molecule has 0 amide bonds. The van der Waals surface area contributed by atoms with Crippen molar-refractivity contribution in [2.24, 2.45) is 0 Å².